The van der Waals surface area contributed by atoms with Crippen LogP contribution in [0.5, 0.6) is 0 Å². The van der Waals surface area contributed by atoms with Gasteiger partial charge in [-0.2, -0.15) is 0 Å². The maximum atomic E-state index is 9.91. The van der Waals surface area contributed by atoms with Crippen LogP contribution >= 0.6 is 0 Å². The van der Waals surface area contributed by atoms with E-state index in [2.05, 4.69) is 30.3 Å². The third-order valence-corrected chi connectivity index (χ3v) is 3.48. The molecule has 0 aromatic carbocycles. The smallest absolute Gasteiger partial charge is 0.0945 e. The highest BCUT2D eigenvalue weighted by Crippen LogP contribution is 2.22. The Labute approximate surface area is 118 Å². The highest BCUT2D eigenvalue weighted by Gasteiger charge is 2.11. The molecule has 110 valence electrons. The maximum Gasteiger partial charge on any atom is 0.0945 e. The largest absolute Gasteiger partial charge is 0.393 e. The van der Waals surface area contributed by atoms with E-state index in [0.717, 1.165) is 32.2 Å². The lowest BCUT2D eigenvalue weighted by atomic mass is 9.89. The molecule has 0 unspecified atom stereocenters. The van der Waals surface area contributed by atoms with E-state index < -0.39 is 0 Å². The molecule has 0 aliphatic heterocycles. The zero-order valence-corrected chi connectivity index (χ0v) is 12.8. The molecule has 0 aliphatic carbocycles. The molecule has 0 saturated carbocycles. The SMILES string of the molecule is CC(C)(C)CCC[C@@H](O)CCCCCn1ccnc1. The minimum Gasteiger partial charge on any atom is -0.393 e. The van der Waals surface area contributed by atoms with Gasteiger partial charge in [-0.15, -0.1) is 0 Å². The number of aliphatic hydroxyl groups excluding tert-OH is 1. The number of hydrogen-bond donors (Lipinski definition) is 1. The van der Waals surface area contributed by atoms with Gasteiger partial charge in [-0.25, -0.2) is 4.98 Å². The zero-order valence-electron chi connectivity index (χ0n) is 12.8. The Morgan fingerprint density at radius 1 is 1.11 bits per heavy atom. The standard InChI is InChI=1S/C16H30N2O/c1-16(2,3)10-7-9-15(19)8-5-4-6-12-18-13-11-17-14-18/h11,13-15,19H,4-10,12H2,1-3H3/t15-/m0/s1. The van der Waals surface area contributed by atoms with Gasteiger partial charge >= 0.3 is 0 Å². The number of hydrogen-bond acceptors (Lipinski definition) is 2. The van der Waals surface area contributed by atoms with Gasteiger partial charge in [0.05, 0.1) is 12.4 Å². The van der Waals surface area contributed by atoms with Gasteiger partial charge in [0.25, 0.3) is 0 Å². The fraction of sp³-hybridized carbons (Fsp3) is 0.812. The predicted octanol–water partition coefficient (Wildman–Crippen LogP) is 4.02. The summed E-state index contributed by atoms with van der Waals surface area (Å²) in [5, 5.41) is 9.91. The van der Waals surface area contributed by atoms with E-state index in [1.807, 2.05) is 18.7 Å². The molecule has 3 nitrogen and oxygen atoms in total. The van der Waals surface area contributed by atoms with Gasteiger partial charge < -0.3 is 9.67 Å². The molecular weight excluding hydrogens is 236 g/mol. The highest BCUT2D eigenvalue weighted by atomic mass is 16.3. The van der Waals surface area contributed by atoms with Crippen LogP contribution in [0.3, 0.4) is 0 Å². The Bertz CT molecular complexity index is 314. The first kappa shape index (κ1) is 16.2. The zero-order chi connectivity index (χ0) is 14.1. The van der Waals surface area contributed by atoms with Crippen molar-refractivity contribution in [2.24, 2.45) is 5.41 Å². The fourth-order valence-electron chi connectivity index (χ4n) is 2.28. The van der Waals surface area contributed by atoms with Gasteiger partial charge in [0.2, 0.25) is 0 Å². The summed E-state index contributed by atoms with van der Waals surface area (Å²) in [4.78, 5) is 4.03. The topological polar surface area (TPSA) is 38.0 Å². The van der Waals surface area contributed by atoms with Crippen LogP contribution in [-0.4, -0.2) is 20.8 Å². The van der Waals surface area contributed by atoms with E-state index in [0.29, 0.717) is 5.41 Å². The van der Waals surface area contributed by atoms with E-state index in [1.165, 1.54) is 19.3 Å². The normalized spacial score (nSPS) is 13.7. The molecular formula is C16H30N2O. The molecule has 1 N–H and O–H groups in total. The molecule has 1 aromatic heterocycles. The minimum absolute atomic E-state index is 0.101. The third-order valence-electron chi connectivity index (χ3n) is 3.48. The Morgan fingerprint density at radius 3 is 2.47 bits per heavy atom. The Hall–Kier alpha value is -0.830. The molecule has 0 radical (unpaired) electrons. The van der Waals surface area contributed by atoms with E-state index in [4.69, 9.17) is 0 Å². The van der Waals surface area contributed by atoms with Crippen LogP contribution in [0.15, 0.2) is 18.7 Å². The molecule has 0 amide bonds. The summed E-state index contributed by atoms with van der Waals surface area (Å²) in [7, 11) is 0. The number of aryl methyl sites for hydroxylation is 1. The van der Waals surface area contributed by atoms with Crippen LogP contribution < -0.4 is 0 Å². The number of imidazole rings is 1. The van der Waals surface area contributed by atoms with Gasteiger partial charge in [0.15, 0.2) is 0 Å². The number of nitrogens with zero attached hydrogens (tertiary/aromatic N) is 2. The van der Waals surface area contributed by atoms with E-state index in [1.54, 1.807) is 0 Å². The van der Waals surface area contributed by atoms with Gasteiger partial charge in [-0.05, 0) is 31.1 Å². The number of rotatable bonds is 9. The molecule has 1 rings (SSSR count). The van der Waals surface area contributed by atoms with Crippen LogP contribution in [-0.2, 0) is 6.54 Å². The average molecular weight is 266 g/mol. The molecule has 0 bridgehead atoms. The van der Waals surface area contributed by atoms with E-state index in [-0.39, 0.29) is 6.10 Å². The molecule has 1 aromatic rings. The van der Waals surface area contributed by atoms with Crippen LogP contribution in [0.25, 0.3) is 0 Å². The summed E-state index contributed by atoms with van der Waals surface area (Å²) in [6, 6.07) is 0. The second-order valence-corrected chi connectivity index (χ2v) is 6.76. The van der Waals surface area contributed by atoms with Crippen molar-refractivity contribution in [3.63, 3.8) is 0 Å². The van der Waals surface area contributed by atoms with E-state index in [9.17, 15) is 5.11 Å². The lowest BCUT2D eigenvalue weighted by Gasteiger charge is -2.19. The highest BCUT2D eigenvalue weighted by molar-refractivity contribution is 4.73. The Balaban J connectivity index is 1.94. The number of aliphatic hydroxyl groups is 1. The van der Waals surface area contributed by atoms with Gasteiger partial charge in [-0.1, -0.05) is 40.0 Å². The lowest BCUT2D eigenvalue weighted by molar-refractivity contribution is 0.142. The molecule has 0 saturated heterocycles. The molecule has 1 heterocycles. The summed E-state index contributed by atoms with van der Waals surface area (Å²) >= 11 is 0. The predicted molar refractivity (Wildman–Crippen MR) is 80.0 cm³/mol. The van der Waals surface area contributed by atoms with Crippen molar-refractivity contribution < 1.29 is 5.11 Å². The summed E-state index contributed by atoms with van der Waals surface area (Å²) in [6.07, 6.45) is 13.3. The van der Waals surface area contributed by atoms with Crippen molar-refractivity contribution in [3.8, 4) is 0 Å². The molecule has 0 spiro atoms. The van der Waals surface area contributed by atoms with E-state index >= 15 is 0 Å². The quantitative estimate of drug-likeness (QED) is 0.685. The Morgan fingerprint density at radius 2 is 1.84 bits per heavy atom. The van der Waals surface area contributed by atoms with Crippen molar-refractivity contribution in [2.75, 3.05) is 0 Å². The molecule has 0 fully saturated rings. The summed E-state index contributed by atoms with van der Waals surface area (Å²) < 4.78 is 2.11. The van der Waals surface area contributed by atoms with Crippen LogP contribution in [0.4, 0.5) is 0 Å². The van der Waals surface area contributed by atoms with Gasteiger partial charge in [-0.3, -0.25) is 0 Å². The monoisotopic (exact) mass is 266 g/mol. The summed E-state index contributed by atoms with van der Waals surface area (Å²) in [5.74, 6) is 0. The second-order valence-electron chi connectivity index (χ2n) is 6.76. The molecule has 19 heavy (non-hydrogen) atoms. The number of unbranched alkanes of at least 4 members (excludes halogenated alkanes) is 2. The van der Waals surface area contributed by atoms with Crippen molar-refractivity contribution in [2.45, 2.75) is 78.4 Å². The molecule has 3 heteroatoms. The van der Waals surface area contributed by atoms with Crippen LogP contribution in [0.2, 0.25) is 0 Å². The average Bonchev–Trinajstić information content (AvgIpc) is 2.79. The maximum absolute atomic E-state index is 9.91. The van der Waals surface area contributed by atoms with Crippen molar-refractivity contribution in [1.82, 2.24) is 9.55 Å². The molecule has 0 aliphatic rings. The minimum atomic E-state index is -0.101. The van der Waals surface area contributed by atoms with Gasteiger partial charge in [0, 0.05) is 18.9 Å². The Kier molecular flexibility index (Phi) is 7.14. The number of aromatic nitrogens is 2. The lowest BCUT2D eigenvalue weighted by Crippen LogP contribution is -2.10. The third kappa shape index (κ3) is 8.82. The van der Waals surface area contributed by atoms with Crippen molar-refractivity contribution in [1.29, 1.82) is 0 Å². The first-order valence-electron chi connectivity index (χ1n) is 7.61. The van der Waals surface area contributed by atoms with Gasteiger partial charge in [0.1, 0.15) is 0 Å². The first-order chi connectivity index (χ1) is 8.97. The van der Waals surface area contributed by atoms with Crippen molar-refractivity contribution in [3.05, 3.63) is 18.7 Å². The fourth-order valence-corrected chi connectivity index (χ4v) is 2.28. The van der Waals surface area contributed by atoms with Crippen molar-refractivity contribution >= 4 is 0 Å². The van der Waals surface area contributed by atoms with Crippen LogP contribution in [0, 0.1) is 5.41 Å². The second kappa shape index (κ2) is 8.36. The summed E-state index contributed by atoms with van der Waals surface area (Å²) in [5.41, 5.74) is 0.393. The summed E-state index contributed by atoms with van der Waals surface area (Å²) in [6.45, 7) is 7.82. The van der Waals surface area contributed by atoms with Crippen LogP contribution in [0.1, 0.15) is 65.7 Å². The first-order valence-corrected chi connectivity index (χ1v) is 7.61. The molecule has 1 atom stereocenters.